The van der Waals surface area contributed by atoms with Crippen molar-refractivity contribution in [2.75, 3.05) is 13.1 Å². The molecule has 0 bridgehead atoms. The van der Waals surface area contributed by atoms with Crippen molar-refractivity contribution in [2.24, 2.45) is 5.92 Å². The molecule has 1 aliphatic rings. The van der Waals surface area contributed by atoms with Crippen molar-refractivity contribution >= 4 is 6.09 Å². The highest BCUT2D eigenvalue weighted by atomic mass is 16.6. The molecule has 1 fully saturated rings. The molecule has 116 valence electrons. The van der Waals surface area contributed by atoms with E-state index in [0.29, 0.717) is 18.5 Å². The van der Waals surface area contributed by atoms with E-state index >= 15 is 0 Å². The van der Waals surface area contributed by atoms with E-state index in [1.165, 1.54) is 5.56 Å². The second-order valence-electron chi connectivity index (χ2n) is 6.63. The molecule has 0 spiro atoms. The van der Waals surface area contributed by atoms with Crippen LogP contribution in [-0.4, -0.2) is 24.8 Å². The summed E-state index contributed by atoms with van der Waals surface area (Å²) >= 11 is 0. The number of alkyl carbamates (subject to hydrolysis) is 1. The lowest BCUT2D eigenvalue weighted by molar-refractivity contribution is 0.0511. The SMILES string of the molecule is CC(C)(C)OC(=O)NC[C@@H]1CCCN[C@H]1c1ccccc1. The van der Waals surface area contributed by atoms with Crippen LogP contribution in [0.4, 0.5) is 4.79 Å². The van der Waals surface area contributed by atoms with Gasteiger partial charge in [-0.05, 0) is 51.6 Å². The lowest BCUT2D eigenvalue weighted by Crippen LogP contribution is -2.42. The summed E-state index contributed by atoms with van der Waals surface area (Å²) < 4.78 is 5.30. The van der Waals surface area contributed by atoms with Crippen LogP contribution in [0.1, 0.15) is 45.2 Å². The Morgan fingerprint density at radius 1 is 1.33 bits per heavy atom. The van der Waals surface area contributed by atoms with Gasteiger partial charge in [0, 0.05) is 12.6 Å². The van der Waals surface area contributed by atoms with E-state index in [9.17, 15) is 4.79 Å². The first kappa shape index (κ1) is 15.8. The quantitative estimate of drug-likeness (QED) is 0.898. The van der Waals surface area contributed by atoms with Gasteiger partial charge in [0.25, 0.3) is 0 Å². The summed E-state index contributed by atoms with van der Waals surface area (Å²) in [7, 11) is 0. The fourth-order valence-corrected chi connectivity index (χ4v) is 2.75. The number of amides is 1. The zero-order valence-electron chi connectivity index (χ0n) is 13.2. The molecular formula is C17H26N2O2. The van der Waals surface area contributed by atoms with Crippen LogP contribution < -0.4 is 10.6 Å². The highest BCUT2D eigenvalue weighted by Crippen LogP contribution is 2.28. The van der Waals surface area contributed by atoms with Gasteiger partial charge in [0.15, 0.2) is 0 Å². The number of hydrogen-bond donors (Lipinski definition) is 2. The van der Waals surface area contributed by atoms with Gasteiger partial charge in [-0.15, -0.1) is 0 Å². The zero-order chi connectivity index (χ0) is 15.3. The Balaban J connectivity index is 1.92. The van der Waals surface area contributed by atoms with E-state index in [1.807, 2.05) is 26.8 Å². The summed E-state index contributed by atoms with van der Waals surface area (Å²) in [6.07, 6.45) is 1.92. The molecule has 2 N–H and O–H groups in total. The van der Waals surface area contributed by atoms with E-state index in [0.717, 1.165) is 19.4 Å². The van der Waals surface area contributed by atoms with Crippen molar-refractivity contribution in [3.05, 3.63) is 35.9 Å². The van der Waals surface area contributed by atoms with Crippen molar-refractivity contribution in [3.63, 3.8) is 0 Å². The molecule has 1 amide bonds. The minimum absolute atomic E-state index is 0.301. The fourth-order valence-electron chi connectivity index (χ4n) is 2.75. The molecule has 1 heterocycles. The Hall–Kier alpha value is -1.55. The minimum atomic E-state index is -0.451. The molecule has 0 aromatic heterocycles. The number of nitrogens with one attached hydrogen (secondary N) is 2. The van der Waals surface area contributed by atoms with Gasteiger partial charge < -0.3 is 15.4 Å². The molecule has 0 unspecified atom stereocenters. The van der Waals surface area contributed by atoms with Gasteiger partial charge in [0.2, 0.25) is 0 Å². The summed E-state index contributed by atoms with van der Waals surface area (Å²) in [6, 6.07) is 10.7. The predicted octanol–water partition coefficient (Wildman–Crippen LogP) is 3.25. The average molecular weight is 290 g/mol. The summed E-state index contributed by atoms with van der Waals surface area (Å²) in [4.78, 5) is 11.8. The third-order valence-corrected chi connectivity index (χ3v) is 3.65. The first-order chi connectivity index (χ1) is 9.96. The summed E-state index contributed by atoms with van der Waals surface area (Å²) in [5, 5.41) is 6.47. The molecule has 0 radical (unpaired) electrons. The van der Waals surface area contributed by atoms with E-state index in [4.69, 9.17) is 4.74 Å². The number of carbonyl (C=O) groups excluding carboxylic acids is 1. The van der Waals surface area contributed by atoms with Gasteiger partial charge in [-0.3, -0.25) is 0 Å². The smallest absolute Gasteiger partial charge is 0.407 e. The number of ether oxygens (including phenoxy) is 1. The first-order valence-electron chi connectivity index (χ1n) is 7.71. The molecular weight excluding hydrogens is 264 g/mol. The highest BCUT2D eigenvalue weighted by molar-refractivity contribution is 5.67. The van der Waals surface area contributed by atoms with Crippen molar-refractivity contribution in [3.8, 4) is 0 Å². The second-order valence-corrected chi connectivity index (χ2v) is 6.63. The lowest BCUT2D eigenvalue weighted by Gasteiger charge is -2.33. The van der Waals surface area contributed by atoms with E-state index in [1.54, 1.807) is 0 Å². The largest absolute Gasteiger partial charge is 0.444 e. The maximum atomic E-state index is 11.8. The van der Waals surface area contributed by atoms with Crippen LogP contribution in [0, 0.1) is 5.92 Å². The third-order valence-electron chi connectivity index (χ3n) is 3.65. The number of hydrogen-bond acceptors (Lipinski definition) is 3. The van der Waals surface area contributed by atoms with Gasteiger partial charge >= 0.3 is 6.09 Å². The Kier molecular flexibility index (Phi) is 5.23. The number of piperidine rings is 1. The van der Waals surface area contributed by atoms with Gasteiger partial charge in [0.1, 0.15) is 5.60 Å². The molecule has 2 rings (SSSR count). The van der Waals surface area contributed by atoms with Crippen LogP contribution in [0.25, 0.3) is 0 Å². The molecule has 0 aliphatic carbocycles. The van der Waals surface area contributed by atoms with Gasteiger partial charge in [0.05, 0.1) is 0 Å². The molecule has 21 heavy (non-hydrogen) atoms. The topological polar surface area (TPSA) is 50.4 Å². The molecule has 4 heteroatoms. The maximum Gasteiger partial charge on any atom is 0.407 e. The Bertz CT molecular complexity index is 454. The van der Waals surface area contributed by atoms with Crippen LogP contribution in [0.5, 0.6) is 0 Å². The molecule has 1 aromatic rings. The molecule has 0 saturated carbocycles. The molecule has 1 aliphatic heterocycles. The minimum Gasteiger partial charge on any atom is -0.444 e. The van der Waals surface area contributed by atoms with E-state index in [-0.39, 0.29) is 6.09 Å². The fraction of sp³-hybridized carbons (Fsp3) is 0.588. The van der Waals surface area contributed by atoms with Gasteiger partial charge in [-0.1, -0.05) is 30.3 Å². The molecule has 1 aromatic carbocycles. The third kappa shape index (κ3) is 5.05. The van der Waals surface area contributed by atoms with E-state index in [2.05, 4.69) is 34.9 Å². The van der Waals surface area contributed by atoms with Gasteiger partial charge in [-0.2, -0.15) is 0 Å². The van der Waals surface area contributed by atoms with Crippen molar-refractivity contribution in [1.82, 2.24) is 10.6 Å². The van der Waals surface area contributed by atoms with E-state index < -0.39 is 5.60 Å². The van der Waals surface area contributed by atoms with Crippen molar-refractivity contribution in [1.29, 1.82) is 0 Å². The Morgan fingerprint density at radius 3 is 2.71 bits per heavy atom. The van der Waals surface area contributed by atoms with Crippen LogP contribution >= 0.6 is 0 Å². The maximum absolute atomic E-state index is 11.8. The number of carbonyl (C=O) groups is 1. The monoisotopic (exact) mass is 290 g/mol. The number of benzene rings is 1. The van der Waals surface area contributed by atoms with Crippen LogP contribution in [0.15, 0.2) is 30.3 Å². The summed E-state index contributed by atoms with van der Waals surface area (Å²) in [6.45, 7) is 7.30. The van der Waals surface area contributed by atoms with Crippen molar-refractivity contribution < 1.29 is 9.53 Å². The average Bonchev–Trinajstić information content (AvgIpc) is 2.45. The summed E-state index contributed by atoms with van der Waals surface area (Å²) in [5.74, 6) is 0.397. The lowest BCUT2D eigenvalue weighted by atomic mass is 9.86. The highest BCUT2D eigenvalue weighted by Gasteiger charge is 2.27. The van der Waals surface area contributed by atoms with Gasteiger partial charge in [-0.25, -0.2) is 4.79 Å². The second kappa shape index (κ2) is 6.94. The Morgan fingerprint density at radius 2 is 2.05 bits per heavy atom. The van der Waals surface area contributed by atoms with Crippen molar-refractivity contribution in [2.45, 2.75) is 45.3 Å². The summed E-state index contributed by atoms with van der Waals surface area (Å²) in [5.41, 5.74) is 0.835. The van der Waals surface area contributed by atoms with Crippen LogP contribution in [-0.2, 0) is 4.74 Å². The normalized spacial score (nSPS) is 22.6. The predicted molar refractivity (Wildman–Crippen MR) is 84.1 cm³/mol. The standard InChI is InChI=1S/C17H26N2O2/c1-17(2,3)21-16(20)19-12-14-10-7-11-18-15(14)13-8-5-4-6-9-13/h4-6,8-9,14-15,18H,7,10-12H2,1-3H3,(H,19,20)/t14-,15-/m0/s1. The van der Waals surface area contributed by atoms with Crippen LogP contribution in [0.2, 0.25) is 0 Å². The molecule has 1 saturated heterocycles. The zero-order valence-corrected chi connectivity index (χ0v) is 13.2. The number of rotatable bonds is 3. The molecule has 4 nitrogen and oxygen atoms in total. The first-order valence-corrected chi connectivity index (χ1v) is 7.71. The molecule has 2 atom stereocenters. The Labute approximate surface area is 127 Å². The van der Waals surface area contributed by atoms with Crippen LogP contribution in [0.3, 0.4) is 0 Å².